The zero-order valence-corrected chi connectivity index (χ0v) is 31.6. The summed E-state index contributed by atoms with van der Waals surface area (Å²) in [5.74, 6) is 0. The van der Waals surface area contributed by atoms with E-state index in [1.54, 1.807) is 0 Å². The smallest absolute Gasteiger partial charge is 0.136 e. The Kier molecular flexibility index (Phi) is 10.5. The summed E-state index contributed by atoms with van der Waals surface area (Å²) in [5.41, 5.74) is 13.1. The topological polar surface area (TPSA) is 16.4 Å². The van der Waals surface area contributed by atoms with E-state index in [0.29, 0.717) is 0 Å². The van der Waals surface area contributed by atoms with Crippen LogP contribution >= 0.6 is 0 Å². The van der Waals surface area contributed by atoms with Crippen LogP contribution in [0.2, 0.25) is 0 Å². The van der Waals surface area contributed by atoms with Crippen molar-refractivity contribution in [2.24, 2.45) is 0 Å². The molecule has 7 aromatic carbocycles. The second-order valence-corrected chi connectivity index (χ2v) is 13.7. The maximum Gasteiger partial charge on any atom is 0.136 e. The molecule has 0 aliphatic carbocycles. The summed E-state index contributed by atoms with van der Waals surface area (Å²) in [6.45, 7) is 10.3. The van der Waals surface area contributed by atoms with E-state index >= 15 is 0 Å². The van der Waals surface area contributed by atoms with Crippen LogP contribution in [0.3, 0.4) is 0 Å². The second-order valence-electron chi connectivity index (χ2n) is 13.7. The minimum absolute atomic E-state index is 0.826. The molecule has 2 heteroatoms. The number of para-hydroxylation sites is 1. The number of anilines is 1. The molecule has 0 aliphatic heterocycles. The molecule has 1 heterocycles. The summed E-state index contributed by atoms with van der Waals surface area (Å²) < 4.78 is 6.18. The molecule has 0 saturated heterocycles. The van der Waals surface area contributed by atoms with Gasteiger partial charge in [0.15, 0.2) is 0 Å². The molecule has 56 heavy (non-hydrogen) atoms. The first-order valence-corrected chi connectivity index (χ1v) is 19.1. The van der Waals surface area contributed by atoms with Crippen molar-refractivity contribution in [3.63, 3.8) is 0 Å². The number of furan rings is 1. The van der Waals surface area contributed by atoms with Crippen LogP contribution in [0.1, 0.15) is 12.5 Å². The maximum absolute atomic E-state index is 6.18. The minimum atomic E-state index is 0.826. The number of allylic oxidation sites excluding steroid dienone is 8. The van der Waals surface area contributed by atoms with Crippen LogP contribution < -0.4 is 4.90 Å². The first kappa shape index (κ1) is 35.8. The Labute approximate surface area is 329 Å². The fraction of sp³-hybridized carbons (Fsp3) is 0.0370. The van der Waals surface area contributed by atoms with Crippen molar-refractivity contribution in [2.75, 3.05) is 4.90 Å². The highest BCUT2D eigenvalue weighted by atomic mass is 16.3. The Bertz CT molecular complexity index is 2790. The third kappa shape index (κ3) is 7.33. The van der Waals surface area contributed by atoms with Gasteiger partial charge in [-0.15, -0.1) is 0 Å². The average Bonchev–Trinajstić information content (AvgIpc) is 3.65. The molecule has 0 amide bonds. The summed E-state index contributed by atoms with van der Waals surface area (Å²) in [6.07, 6.45) is 17.1. The van der Waals surface area contributed by atoms with Crippen molar-refractivity contribution in [3.05, 3.63) is 236 Å². The van der Waals surface area contributed by atoms with Gasteiger partial charge in [0.1, 0.15) is 11.2 Å². The minimum Gasteiger partial charge on any atom is -0.456 e. The molecule has 0 spiro atoms. The van der Waals surface area contributed by atoms with Crippen LogP contribution in [-0.2, 0) is 6.42 Å². The van der Waals surface area contributed by atoms with Gasteiger partial charge < -0.3 is 9.32 Å². The molecule has 2 nitrogen and oxygen atoms in total. The lowest BCUT2D eigenvalue weighted by atomic mass is 9.90. The van der Waals surface area contributed by atoms with E-state index < -0.39 is 0 Å². The van der Waals surface area contributed by atoms with Crippen LogP contribution in [0.15, 0.2) is 235 Å². The van der Waals surface area contributed by atoms with Crippen molar-refractivity contribution in [1.29, 1.82) is 0 Å². The quantitative estimate of drug-likeness (QED) is 0.117. The van der Waals surface area contributed by atoms with Crippen LogP contribution in [0.4, 0.5) is 5.69 Å². The van der Waals surface area contributed by atoms with E-state index in [-0.39, 0.29) is 0 Å². The number of hydrogen-bond donors (Lipinski definition) is 0. The largest absolute Gasteiger partial charge is 0.456 e. The Morgan fingerprint density at radius 3 is 2.05 bits per heavy atom. The fourth-order valence-electron chi connectivity index (χ4n) is 7.49. The Morgan fingerprint density at radius 1 is 0.589 bits per heavy atom. The highest BCUT2D eigenvalue weighted by molar-refractivity contribution is 6.19. The SMILES string of the molecule is C=C/C=C(\C=C/Cc1ccccc1)N(/C(C=C)=C/C=C\C)c1ccc(-c2ccc(-c3ccc4c(ccc5oc6ccccc6c54)c3)cc2-c2ccccc2)cc1. The van der Waals surface area contributed by atoms with E-state index in [4.69, 9.17) is 4.42 Å². The van der Waals surface area contributed by atoms with E-state index in [1.807, 2.05) is 55.5 Å². The van der Waals surface area contributed by atoms with Gasteiger partial charge in [0.2, 0.25) is 0 Å². The van der Waals surface area contributed by atoms with Crippen molar-refractivity contribution < 1.29 is 4.42 Å². The zero-order chi connectivity index (χ0) is 38.3. The van der Waals surface area contributed by atoms with E-state index in [0.717, 1.165) is 45.6 Å². The van der Waals surface area contributed by atoms with Crippen LogP contribution in [0.5, 0.6) is 0 Å². The molecule has 270 valence electrons. The van der Waals surface area contributed by atoms with Gasteiger partial charge in [-0.3, -0.25) is 0 Å². The number of hydrogen-bond acceptors (Lipinski definition) is 2. The molecule has 8 rings (SSSR count). The lowest BCUT2D eigenvalue weighted by Crippen LogP contribution is -2.19. The Hall–Kier alpha value is -7.16. The van der Waals surface area contributed by atoms with Gasteiger partial charge in [-0.1, -0.05) is 159 Å². The molecular weight excluding hydrogens is 679 g/mol. The molecule has 8 aromatic rings. The molecular formula is C54H43NO. The highest BCUT2D eigenvalue weighted by Gasteiger charge is 2.16. The van der Waals surface area contributed by atoms with Gasteiger partial charge in [-0.25, -0.2) is 0 Å². The third-order valence-electron chi connectivity index (χ3n) is 10.2. The monoisotopic (exact) mass is 721 g/mol. The molecule has 0 N–H and O–H groups in total. The van der Waals surface area contributed by atoms with Gasteiger partial charge in [-0.05, 0) is 124 Å². The number of rotatable bonds is 12. The molecule has 0 aliphatic rings. The summed E-state index contributed by atoms with van der Waals surface area (Å²) in [5, 5.41) is 4.70. The lowest BCUT2D eigenvalue weighted by Gasteiger charge is -2.27. The predicted molar refractivity (Wildman–Crippen MR) is 241 cm³/mol. The van der Waals surface area contributed by atoms with Crippen molar-refractivity contribution in [3.8, 4) is 33.4 Å². The third-order valence-corrected chi connectivity index (χ3v) is 10.2. The number of benzene rings is 7. The molecule has 0 bridgehead atoms. The molecule has 0 saturated carbocycles. The molecule has 0 radical (unpaired) electrons. The summed E-state index contributed by atoms with van der Waals surface area (Å²) >= 11 is 0. The lowest BCUT2D eigenvalue weighted by molar-refractivity contribution is 0.669. The first-order chi connectivity index (χ1) is 27.6. The number of nitrogens with zero attached hydrogens (tertiary/aromatic N) is 1. The molecule has 1 aromatic heterocycles. The zero-order valence-electron chi connectivity index (χ0n) is 31.6. The van der Waals surface area contributed by atoms with Crippen molar-refractivity contribution >= 4 is 38.4 Å². The number of fused-ring (bicyclic) bond motifs is 5. The Morgan fingerprint density at radius 2 is 1.29 bits per heavy atom. The van der Waals surface area contributed by atoms with Gasteiger partial charge in [0.25, 0.3) is 0 Å². The molecule has 0 atom stereocenters. The van der Waals surface area contributed by atoms with Crippen LogP contribution in [0.25, 0.3) is 66.1 Å². The van der Waals surface area contributed by atoms with E-state index in [9.17, 15) is 0 Å². The van der Waals surface area contributed by atoms with E-state index in [1.165, 1.54) is 49.5 Å². The summed E-state index contributed by atoms with van der Waals surface area (Å²) in [4.78, 5) is 2.22. The summed E-state index contributed by atoms with van der Waals surface area (Å²) in [7, 11) is 0. The van der Waals surface area contributed by atoms with Gasteiger partial charge in [0, 0.05) is 27.9 Å². The average molecular weight is 722 g/mol. The van der Waals surface area contributed by atoms with Crippen molar-refractivity contribution in [2.45, 2.75) is 13.3 Å². The molecule has 0 unspecified atom stereocenters. The van der Waals surface area contributed by atoms with Gasteiger partial charge >= 0.3 is 0 Å². The van der Waals surface area contributed by atoms with Gasteiger partial charge in [-0.2, -0.15) is 0 Å². The second kappa shape index (κ2) is 16.5. The van der Waals surface area contributed by atoms with E-state index in [2.05, 4.69) is 176 Å². The van der Waals surface area contributed by atoms with Crippen LogP contribution in [-0.4, -0.2) is 0 Å². The standard InChI is InChI=1S/C54H43NO/c1-4-7-23-45(6-3)55(46(17-5-2)24-16-20-39-18-10-8-11-19-39)47-32-27-41(28-33-47)48-34-29-43(38-51(48)40-21-12-9-13-22-40)42-30-35-49-44(37-42)31-36-53-54(49)50-25-14-15-26-52(50)56-53/h4-19,21-38H,2-3,20H2,1H3/b7-4-,24-16-,45-23+,46-17+. The van der Waals surface area contributed by atoms with Crippen LogP contribution in [0, 0.1) is 0 Å². The van der Waals surface area contributed by atoms with Crippen molar-refractivity contribution in [1.82, 2.24) is 0 Å². The predicted octanol–water partition coefficient (Wildman–Crippen LogP) is 15.1. The molecule has 0 fully saturated rings. The highest BCUT2D eigenvalue weighted by Crippen LogP contribution is 2.40. The normalized spacial score (nSPS) is 12.3. The summed E-state index contributed by atoms with van der Waals surface area (Å²) in [6, 6.07) is 56.1. The maximum atomic E-state index is 6.18. The first-order valence-electron chi connectivity index (χ1n) is 19.1. The van der Waals surface area contributed by atoms with Gasteiger partial charge in [0.05, 0.1) is 0 Å². The Balaban J connectivity index is 1.18. The fourth-order valence-corrected chi connectivity index (χ4v) is 7.49.